The standard InChI is InChI=1S/C50H36GeN2O/c1-7-19-37(20-8-1)51(38-21-9-2-10-22-38)47-33-31-43(52(39-23-11-3-12-24-39)40-25-13-4-14-26-40)35-45(47)50-49(51)46-36-44(32-34-48(46)54-50)53(41-27-15-5-16-28-41)42-29-17-6-18-30-42/h1-36H. The molecular weight excluding hydrogens is 717 g/mol. The first-order valence-electron chi connectivity index (χ1n) is 18.4. The number of hydrogen-bond acceptors (Lipinski definition) is 3. The van der Waals surface area contributed by atoms with E-state index in [1.807, 2.05) is 0 Å². The molecule has 0 spiro atoms. The van der Waals surface area contributed by atoms with Crippen LogP contribution in [0.5, 0.6) is 0 Å². The molecule has 0 saturated carbocycles. The van der Waals surface area contributed by atoms with Crippen molar-refractivity contribution < 1.29 is 4.42 Å². The molecule has 54 heavy (non-hydrogen) atoms. The van der Waals surface area contributed by atoms with Crippen LogP contribution in [0.1, 0.15) is 0 Å². The summed E-state index contributed by atoms with van der Waals surface area (Å²) in [6.07, 6.45) is 0. The van der Waals surface area contributed by atoms with Gasteiger partial charge in [0.05, 0.1) is 0 Å². The van der Waals surface area contributed by atoms with Crippen molar-refractivity contribution in [3.05, 3.63) is 218 Å². The Labute approximate surface area is 318 Å². The van der Waals surface area contributed by atoms with E-state index < -0.39 is 13.3 Å². The van der Waals surface area contributed by atoms with Gasteiger partial charge in [0.15, 0.2) is 0 Å². The Balaban J connectivity index is 1.27. The minimum atomic E-state index is -3.69. The number of fused-ring (bicyclic) bond motifs is 5. The summed E-state index contributed by atoms with van der Waals surface area (Å²) in [6, 6.07) is 78.8. The predicted octanol–water partition coefficient (Wildman–Crippen LogP) is 10.7. The fourth-order valence-corrected chi connectivity index (χ4v) is 19.4. The van der Waals surface area contributed by atoms with E-state index in [0.717, 1.165) is 45.5 Å². The van der Waals surface area contributed by atoms with Crippen LogP contribution in [0, 0.1) is 0 Å². The fraction of sp³-hybridized carbons (Fsp3) is 0. The third kappa shape index (κ3) is 5.20. The summed E-state index contributed by atoms with van der Waals surface area (Å²) in [7, 11) is 0. The van der Waals surface area contributed by atoms with Crippen LogP contribution in [0.15, 0.2) is 223 Å². The maximum atomic E-state index is 7.14. The number of rotatable bonds is 8. The zero-order chi connectivity index (χ0) is 35.9. The van der Waals surface area contributed by atoms with E-state index in [2.05, 4.69) is 228 Å². The van der Waals surface area contributed by atoms with Crippen LogP contribution in [0.25, 0.3) is 22.3 Å². The van der Waals surface area contributed by atoms with Gasteiger partial charge in [-0.05, 0) is 0 Å². The predicted molar refractivity (Wildman–Crippen MR) is 228 cm³/mol. The molecule has 0 radical (unpaired) electrons. The first-order chi connectivity index (χ1) is 26.8. The van der Waals surface area contributed by atoms with Gasteiger partial charge in [0.1, 0.15) is 0 Å². The molecular formula is C50H36GeN2O. The quantitative estimate of drug-likeness (QED) is 0.144. The van der Waals surface area contributed by atoms with Gasteiger partial charge < -0.3 is 0 Å². The van der Waals surface area contributed by atoms with E-state index >= 15 is 0 Å². The molecule has 3 nitrogen and oxygen atoms in total. The molecule has 0 aliphatic carbocycles. The molecule has 0 saturated heterocycles. The molecule has 9 aromatic rings. The SMILES string of the molecule is c1ccc(N(c2ccccc2)c2cc[c]3c(c2)-c2oc4ccc(N(c5ccccc5)c5ccccc5)cc4[c]2[Ge]3([c]2ccccc2)[c]2ccccc2)cc1. The van der Waals surface area contributed by atoms with Crippen molar-refractivity contribution in [2.45, 2.75) is 0 Å². The summed E-state index contributed by atoms with van der Waals surface area (Å²) in [4.78, 5) is 4.69. The van der Waals surface area contributed by atoms with E-state index in [-0.39, 0.29) is 0 Å². The van der Waals surface area contributed by atoms with E-state index in [9.17, 15) is 0 Å². The average Bonchev–Trinajstić information content (AvgIpc) is 3.76. The van der Waals surface area contributed by atoms with E-state index in [1.54, 1.807) is 0 Å². The Kier molecular flexibility index (Phi) is 8.00. The van der Waals surface area contributed by atoms with Crippen LogP contribution >= 0.6 is 0 Å². The average molecular weight is 753 g/mol. The molecule has 1 aliphatic heterocycles. The maximum absolute atomic E-state index is 7.14. The molecule has 0 fully saturated rings. The topological polar surface area (TPSA) is 19.6 Å². The van der Waals surface area contributed by atoms with Gasteiger partial charge in [-0.2, -0.15) is 0 Å². The van der Waals surface area contributed by atoms with Gasteiger partial charge in [0, 0.05) is 0 Å². The first-order valence-corrected chi connectivity index (χ1v) is 22.6. The van der Waals surface area contributed by atoms with Gasteiger partial charge >= 0.3 is 320 Å². The summed E-state index contributed by atoms with van der Waals surface area (Å²) in [6.45, 7) is 0. The van der Waals surface area contributed by atoms with Crippen molar-refractivity contribution >= 4 is 75.9 Å². The van der Waals surface area contributed by atoms with Crippen molar-refractivity contribution in [1.82, 2.24) is 0 Å². The third-order valence-corrected chi connectivity index (χ3v) is 20.9. The minimum absolute atomic E-state index is 0.908. The van der Waals surface area contributed by atoms with Crippen LogP contribution in [0.3, 0.4) is 0 Å². The fourth-order valence-electron chi connectivity index (χ4n) is 8.45. The normalized spacial score (nSPS) is 12.6. The van der Waals surface area contributed by atoms with Gasteiger partial charge in [-0.1, -0.05) is 0 Å². The Morgan fingerprint density at radius 2 is 0.741 bits per heavy atom. The second-order valence-electron chi connectivity index (χ2n) is 13.7. The van der Waals surface area contributed by atoms with Crippen molar-refractivity contribution in [1.29, 1.82) is 0 Å². The van der Waals surface area contributed by atoms with Crippen LogP contribution < -0.4 is 27.4 Å². The van der Waals surface area contributed by atoms with E-state index in [1.165, 1.54) is 28.5 Å². The second kappa shape index (κ2) is 13.5. The van der Waals surface area contributed by atoms with Crippen molar-refractivity contribution in [2.24, 2.45) is 0 Å². The molecule has 0 amide bonds. The number of furan rings is 1. The number of para-hydroxylation sites is 4. The van der Waals surface area contributed by atoms with Crippen LogP contribution in [0.4, 0.5) is 34.1 Å². The molecule has 2 heterocycles. The number of nitrogens with zero attached hydrogens (tertiary/aromatic N) is 2. The molecule has 0 N–H and O–H groups in total. The molecule has 1 aliphatic rings. The Morgan fingerprint density at radius 3 is 1.19 bits per heavy atom. The molecule has 0 atom stereocenters. The molecule has 0 bridgehead atoms. The summed E-state index contributed by atoms with van der Waals surface area (Å²) in [5, 5.41) is 1.17. The monoisotopic (exact) mass is 754 g/mol. The summed E-state index contributed by atoms with van der Waals surface area (Å²) >= 11 is -3.69. The van der Waals surface area contributed by atoms with Gasteiger partial charge in [0.2, 0.25) is 0 Å². The van der Waals surface area contributed by atoms with Gasteiger partial charge in [-0.25, -0.2) is 0 Å². The first kappa shape index (κ1) is 32.1. The second-order valence-corrected chi connectivity index (χ2v) is 21.5. The van der Waals surface area contributed by atoms with E-state index in [4.69, 9.17) is 4.42 Å². The Bertz CT molecular complexity index is 2580. The van der Waals surface area contributed by atoms with Crippen molar-refractivity contribution in [2.75, 3.05) is 9.80 Å². The third-order valence-electron chi connectivity index (χ3n) is 10.7. The van der Waals surface area contributed by atoms with Gasteiger partial charge in [0.25, 0.3) is 0 Å². The van der Waals surface area contributed by atoms with Crippen molar-refractivity contribution in [3.63, 3.8) is 0 Å². The van der Waals surface area contributed by atoms with Gasteiger partial charge in [-0.15, -0.1) is 0 Å². The summed E-state index contributed by atoms with van der Waals surface area (Å²) in [5.74, 6) is 0.985. The van der Waals surface area contributed by atoms with Crippen LogP contribution in [-0.4, -0.2) is 13.3 Å². The summed E-state index contributed by atoms with van der Waals surface area (Å²) < 4.78 is 12.6. The van der Waals surface area contributed by atoms with Crippen LogP contribution in [0.2, 0.25) is 0 Å². The number of hydrogen-bond donors (Lipinski definition) is 0. The Hall–Kier alpha value is -6.56. The van der Waals surface area contributed by atoms with Crippen LogP contribution in [-0.2, 0) is 0 Å². The zero-order valence-corrected chi connectivity index (χ0v) is 31.7. The van der Waals surface area contributed by atoms with Crippen molar-refractivity contribution in [3.8, 4) is 11.3 Å². The van der Waals surface area contributed by atoms with Gasteiger partial charge in [-0.3, -0.25) is 0 Å². The molecule has 4 heteroatoms. The molecule has 256 valence electrons. The number of anilines is 6. The summed E-state index contributed by atoms with van der Waals surface area (Å²) in [5.41, 5.74) is 8.70. The zero-order valence-electron chi connectivity index (χ0n) is 29.6. The molecule has 1 aromatic heterocycles. The molecule has 10 rings (SSSR count). The Morgan fingerprint density at radius 1 is 0.352 bits per heavy atom. The number of benzene rings is 8. The van der Waals surface area contributed by atoms with E-state index in [0.29, 0.717) is 0 Å². The molecule has 0 unspecified atom stereocenters. The molecule has 8 aromatic carbocycles.